The van der Waals surface area contributed by atoms with E-state index in [9.17, 15) is 28.2 Å². The minimum atomic E-state index is -4.44. The highest BCUT2D eigenvalue weighted by atomic mass is 19.4. The molecule has 0 bridgehead atoms. The predicted octanol–water partition coefficient (Wildman–Crippen LogP) is 3.72. The molecule has 7 heteroatoms. The van der Waals surface area contributed by atoms with Crippen molar-refractivity contribution in [2.24, 2.45) is 0 Å². The number of rotatable bonds is 3. The van der Waals surface area contributed by atoms with E-state index in [0.717, 1.165) is 30.3 Å². The van der Waals surface area contributed by atoms with Crippen LogP contribution in [0.25, 0.3) is 6.08 Å². The van der Waals surface area contributed by atoms with Gasteiger partial charge < -0.3 is 15.3 Å². The maximum absolute atomic E-state index is 12.4. The van der Waals surface area contributed by atoms with E-state index in [1.165, 1.54) is 18.2 Å². The quantitative estimate of drug-likeness (QED) is 0.594. The van der Waals surface area contributed by atoms with Crippen molar-refractivity contribution in [3.63, 3.8) is 0 Å². The summed E-state index contributed by atoms with van der Waals surface area (Å²) in [6, 6.07) is 5.89. The van der Waals surface area contributed by atoms with Crippen molar-refractivity contribution in [2.45, 2.75) is 6.18 Å². The van der Waals surface area contributed by atoms with Crippen molar-refractivity contribution in [3.05, 3.63) is 59.2 Å². The fourth-order valence-electron chi connectivity index (χ4n) is 1.89. The molecule has 120 valence electrons. The number of allylic oxidation sites excluding steroid dienone is 1. The summed E-state index contributed by atoms with van der Waals surface area (Å²) in [6.07, 6.45) is -2.20. The first-order valence-electron chi connectivity index (χ1n) is 6.33. The number of phenols is 3. The third-order valence-electron chi connectivity index (χ3n) is 2.99. The van der Waals surface area contributed by atoms with Gasteiger partial charge in [0, 0.05) is 12.1 Å². The summed E-state index contributed by atoms with van der Waals surface area (Å²) in [7, 11) is 0. The van der Waals surface area contributed by atoms with Crippen LogP contribution in [0.4, 0.5) is 13.2 Å². The van der Waals surface area contributed by atoms with Crippen LogP contribution >= 0.6 is 0 Å². The first-order valence-corrected chi connectivity index (χ1v) is 6.33. The number of ketones is 1. The molecule has 0 atom stereocenters. The van der Waals surface area contributed by atoms with Gasteiger partial charge in [-0.15, -0.1) is 0 Å². The van der Waals surface area contributed by atoms with E-state index in [-0.39, 0.29) is 0 Å². The molecule has 0 amide bonds. The van der Waals surface area contributed by atoms with E-state index in [1.807, 2.05) is 0 Å². The lowest BCUT2D eigenvalue weighted by molar-refractivity contribution is -0.137. The smallest absolute Gasteiger partial charge is 0.416 e. The van der Waals surface area contributed by atoms with Crippen molar-refractivity contribution < 1.29 is 33.3 Å². The van der Waals surface area contributed by atoms with Crippen LogP contribution in [0.2, 0.25) is 0 Å². The largest absolute Gasteiger partial charge is 0.508 e. The van der Waals surface area contributed by atoms with E-state index in [2.05, 4.69) is 0 Å². The Labute approximate surface area is 128 Å². The number of benzene rings is 2. The number of phenolic OH excluding ortho intramolecular Hbond substituents is 3. The zero-order valence-corrected chi connectivity index (χ0v) is 11.5. The monoisotopic (exact) mass is 324 g/mol. The maximum Gasteiger partial charge on any atom is 0.416 e. The number of hydrogen-bond donors (Lipinski definition) is 3. The lowest BCUT2D eigenvalue weighted by atomic mass is 10.1. The zero-order valence-electron chi connectivity index (χ0n) is 11.5. The molecular formula is C16H11F3O4. The van der Waals surface area contributed by atoms with Gasteiger partial charge in [-0.1, -0.05) is 18.2 Å². The Kier molecular flexibility index (Phi) is 4.31. The van der Waals surface area contributed by atoms with Gasteiger partial charge in [0.15, 0.2) is 5.78 Å². The number of aromatic hydroxyl groups is 3. The number of halogens is 3. The van der Waals surface area contributed by atoms with Crippen LogP contribution in [-0.2, 0) is 6.18 Å². The molecule has 2 aromatic rings. The van der Waals surface area contributed by atoms with Crippen LogP contribution in [0, 0.1) is 0 Å². The van der Waals surface area contributed by atoms with Gasteiger partial charge in [-0.05, 0) is 23.8 Å². The predicted molar refractivity (Wildman–Crippen MR) is 76.2 cm³/mol. The van der Waals surface area contributed by atoms with Crippen LogP contribution < -0.4 is 0 Å². The Hall–Kier alpha value is -2.96. The lowest BCUT2D eigenvalue weighted by Gasteiger charge is -2.06. The molecule has 0 aliphatic carbocycles. The van der Waals surface area contributed by atoms with E-state index < -0.39 is 40.3 Å². The van der Waals surface area contributed by atoms with Gasteiger partial charge in [-0.25, -0.2) is 0 Å². The molecule has 0 radical (unpaired) electrons. The second-order valence-corrected chi connectivity index (χ2v) is 4.68. The van der Waals surface area contributed by atoms with Gasteiger partial charge in [0.25, 0.3) is 0 Å². The Bertz CT molecular complexity index is 739. The summed E-state index contributed by atoms with van der Waals surface area (Å²) in [6.45, 7) is 0. The SMILES string of the molecule is O=C(/C=C/c1ccc(C(F)(F)F)cc1)c1c(O)cc(O)cc1O. The fraction of sp³-hybridized carbons (Fsp3) is 0.0625. The van der Waals surface area contributed by atoms with Gasteiger partial charge in [-0.2, -0.15) is 13.2 Å². The summed E-state index contributed by atoms with van der Waals surface area (Å²) in [5.41, 5.74) is -0.884. The molecule has 0 saturated heterocycles. The standard InChI is InChI=1S/C16H11F3O4/c17-16(18,19)10-4-1-9(2-5-10)3-6-12(21)15-13(22)7-11(20)8-14(15)23/h1-8,20,22-23H/b6-3+. The van der Waals surface area contributed by atoms with Gasteiger partial charge >= 0.3 is 6.18 Å². The molecule has 0 unspecified atom stereocenters. The molecule has 2 aromatic carbocycles. The van der Waals surface area contributed by atoms with Gasteiger partial charge in [0.05, 0.1) is 5.56 Å². The highest BCUT2D eigenvalue weighted by Gasteiger charge is 2.29. The Balaban J connectivity index is 2.22. The number of alkyl halides is 3. The van der Waals surface area contributed by atoms with Crippen molar-refractivity contribution in [1.29, 1.82) is 0 Å². The van der Waals surface area contributed by atoms with Crippen molar-refractivity contribution in [1.82, 2.24) is 0 Å². The molecule has 0 spiro atoms. The van der Waals surface area contributed by atoms with E-state index in [1.54, 1.807) is 0 Å². The first-order chi connectivity index (χ1) is 10.7. The molecule has 2 rings (SSSR count). The van der Waals surface area contributed by atoms with E-state index >= 15 is 0 Å². The molecule has 0 aromatic heterocycles. The van der Waals surface area contributed by atoms with Gasteiger partial charge in [0.2, 0.25) is 0 Å². The molecule has 23 heavy (non-hydrogen) atoms. The van der Waals surface area contributed by atoms with Crippen LogP contribution in [0.5, 0.6) is 17.2 Å². The third kappa shape index (κ3) is 3.82. The molecule has 0 saturated carbocycles. The van der Waals surface area contributed by atoms with Gasteiger partial charge in [-0.3, -0.25) is 4.79 Å². The lowest BCUT2D eigenvalue weighted by Crippen LogP contribution is -2.04. The van der Waals surface area contributed by atoms with E-state index in [4.69, 9.17) is 5.11 Å². The molecule has 0 heterocycles. The summed E-state index contributed by atoms with van der Waals surface area (Å²) >= 11 is 0. The normalized spacial score (nSPS) is 11.8. The van der Waals surface area contributed by atoms with Crippen LogP contribution in [0.3, 0.4) is 0 Å². The molecule has 4 nitrogen and oxygen atoms in total. The van der Waals surface area contributed by atoms with E-state index in [0.29, 0.717) is 5.56 Å². The topological polar surface area (TPSA) is 77.8 Å². The molecule has 0 aliphatic rings. The maximum atomic E-state index is 12.4. The summed E-state index contributed by atoms with van der Waals surface area (Å²) in [4.78, 5) is 11.9. The second kappa shape index (κ2) is 6.04. The molecule has 3 N–H and O–H groups in total. The minimum absolute atomic E-state index is 0.337. The number of carbonyl (C=O) groups is 1. The Morgan fingerprint density at radius 2 is 1.48 bits per heavy atom. The third-order valence-corrected chi connectivity index (χ3v) is 2.99. The van der Waals surface area contributed by atoms with Crippen LogP contribution in [-0.4, -0.2) is 21.1 Å². The van der Waals surface area contributed by atoms with Crippen molar-refractivity contribution in [3.8, 4) is 17.2 Å². The number of hydrogen-bond acceptors (Lipinski definition) is 4. The minimum Gasteiger partial charge on any atom is -0.508 e. The summed E-state index contributed by atoms with van der Waals surface area (Å²) in [5.74, 6) is -2.39. The van der Waals surface area contributed by atoms with Crippen molar-refractivity contribution in [2.75, 3.05) is 0 Å². The zero-order chi connectivity index (χ0) is 17.2. The van der Waals surface area contributed by atoms with Gasteiger partial charge in [0.1, 0.15) is 22.8 Å². The van der Waals surface area contributed by atoms with Crippen LogP contribution in [0.15, 0.2) is 42.5 Å². The number of carbonyl (C=O) groups excluding carboxylic acids is 1. The van der Waals surface area contributed by atoms with Crippen molar-refractivity contribution >= 4 is 11.9 Å². The fourth-order valence-corrected chi connectivity index (χ4v) is 1.89. The first kappa shape index (κ1) is 16.4. The summed E-state index contributed by atoms with van der Waals surface area (Å²) < 4.78 is 37.3. The second-order valence-electron chi connectivity index (χ2n) is 4.68. The average Bonchev–Trinajstić information content (AvgIpc) is 2.43. The highest BCUT2D eigenvalue weighted by Crippen LogP contribution is 2.32. The molecular weight excluding hydrogens is 313 g/mol. The van der Waals surface area contributed by atoms with Crippen LogP contribution in [0.1, 0.15) is 21.5 Å². The Morgan fingerprint density at radius 1 is 0.957 bits per heavy atom. The average molecular weight is 324 g/mol. The summed E-state index contributed by atoms with van der Waals surface area (Å²) in [5, 5.41) is 28.3. The highest BCUT2D eigenvalue weighted by molar-refractivity contribution is 6.10. The molecule has 0 fully saturated rings. The Morgan fingerprint density at radius 3 is 1.96 bits per heavy atom. The molecule has 0 aliphatic heterocycles.